The van der Waals surface area contributed by atoms with Crippen LogP contribution in [0.4, 0.5) is 0 Å². The van der Waals surface area contributed by atoms with E-state index in [1.54, 1.807) is 43.3 Å². The van der Waals surface area contributed by atoms with E-state index >= 15 is 0 Å². The molecule has 0 aromatic heterocycles. The summed E-state index contributed by atoms with van der Waals surface area (Å²) in [6, 6.07) is 14.1. The average molecular weight is 371 g/mol. The number of carbonyl (C=O) groups is 1. The Labute approximate surface area is 153 Å². The van der Waals surface area contributed by atoms with E-state index in [4.69, 9.17) is 5.26 Å². The van der Waals surface area contributed by atoms with Gasteiger partial charge in [-0.1, -0.05) is 24.3 Å². The maximum Gasteiger partial charge on any atom is 0.240 e. The summed E-state index contributed by atoms with van der Waals surface area (Å²) in [6.45, 7) is 3.91. The first-order valence-electron chi connectivity index (χ1n) is 8.14. The summed E-state index contributed by atoms with van der Waals surface area (Å²) in [5, 5.41) is 11.5. The van der Waals surface area contributed by atoms with Gasteiger partial charge >= 0.3 is 0 Å². The first kappa shape index (κ1) is 19.6. The van der Waals surface area contributed by atoms with E-state index in [-0.39, 0.29) is 23.8 Å². The highest BCUT2D eigenvalue weighted by molar-refractivity contribution is 7.89. The van der Waals surface area contributed by atoms with Crippen LogP contribution in [-0.4, -0.2) is 20.9 Å². The number of nitriles is 1. The average Bonchev–Trinajstić information content (AvgIpc) is 2.62. The van der Waals surface area contributed by atoms with Gasteiger partial charge in [0.1, 0.15) is 0 Å². The van der Waals surface area contributed by atoms with Gasteiger partial charge in [0.2, 0.25) is 15.9 Å². The highest BCUT2D eigenvalue weighted by Crippen LogP contribution is 2.16. The van der Waals surface area contributed by atoms with Crippen LogP contribution in [0.2, 0.25) is 0 Å². The zero-order chi connectivity index (χ0) is 19.2. The third-order valence-corrected chi connectivity index (χ3v) is 5.45. The van der Waals surface area contributed by atoms with Crippen LogP contribution in [0.1, 0.15) is 28.7 Å². The van der Waals surface area contributed by atoms with E-state index in [9.17, 15) is 13.2 Å². The summed E-state index contributed by atoms with van der Waals surface area (Å²) >= 11 is 0. The van der Waals surface area contributed by atoms with Crippen LogP contribution in [0.5, 0.6) is 0 Å². The van der Waals surface area contributed by atoms with Crippen molar-refractivity contribution in [2.24, 2.45) is 0 Å². The molecule has 0 heterocycles. The van der Waals surface area contributed by atoms with Crippen molar-refractivity contribution in [3.63, 3.8) is 0 Å². The standard InChI is InChI=1S/C19H21N3O3S/c1-14-3-4-15(2)18(11-14)26(24,25)22-10-9-19(23)21-13-17-7-5-16(12-20)6-8-17/h3-8,11,22H,9-10,13H2,1-2H3,(H,21,23). The third-order valence-electron chi connectivity index (χ3n) is 3.85. The fourth-order valence-electron chi connectivity index (χ4n) is 2.36. The predicted octanol–water partition coefficient (Wildman–Crippen LogP) is 2.16. The zero-order valence-corrected chi connectivity index (χ0v) is 15.6. The molecule has 2 rings (SSSR count). The molecule has 0 radical (unpaired) electrons. The van der Waals surface area contributed by atoms with Gasteiger partial charge in [-0.2, -0.15) is 5.26 Å². The van der Waals surface area contributed by atoms with Crippen molar-refractivity contribution in [2.45, 2.75) is 31.7 Å². The molecule has 0 saturated carbocycles. The van der Waals surface area contributed by atoms with Gasteiger partial charge in [0.05, 0.1) is 16.5 Å². The van der Waals surface area contributed by atoms with Gasteiger partial charge in [0.15, 0.2) is 0 Å². The molecule has 0 aliphatic carbocycles. The van der Waals surface area contributed by atoms with Crippen LogP contribution in [0.25, 0.3) is 0 Å². The quantitative estimate of drug-likeness (QED) is 0.779. The molecule has 0 unspecified atom stereocenters. The fourth-order valence-corrected chi connectivity index (χ4v) is 3.72. The summed E-state index contributed by atoms with van der Waals surface area (Å²) in [5.74, 6) is -0.252. The van der Waals surface area contributed by atoms with E-state index in [0.717, 1.165) is 11.1 Å². The molecule has 0 atom stereocenters. The highest BCUT2D eigenvalue weighted by atomic mass is 32.2. The molecular weight excluding hydrogens is 350 g/mol. The normalized spacial score (nSPS) is 11.0. The topological polar surface area (TPSA) is 99.1 Å². The lowest BCUT2D eigenvalue weighted by Crippen LogP contribution is -2.31. The summed E-state index contributed by atoms with van der Waals surface area (Å²) < 4.78 is 27.2. The second-order valence-electron chi connectivity index (χ2n) is 6.00. The van der Waals surface area contributed by atoms with Gasteiger partial charge in [-0.25, -0.2) is 13.1 Å². The Morgan fingerprint density at radius 2 is 1.81 bits per heavy atom. The molecule has 0 aliphatic rings. The van der Waals surface area contributed by atoms with E-state index < -0.39 is 10.0 Å². The Hall–Kier alpha value is -2.69. The van der Waals surface area contributed by atoms with Crippen LogP contribution >= 0.6 is 0 Å². The summed E-state index contributed by atoms with van der Waals surface area (Å²) in [4.78, 5) is 12.1. The smallest absolute Gasteiger partial charge is 0.240 e. The SMILES string of the molecule is Cc1ccc(C)c(S(=O)(=O)NCCC(=O)NCc2ccc(C#N)cc2)c1. The molecule has 26 heavy (non-hydrogen) atoms. The van der Waals surface area contributed by atoms with Crippen molar-refractivity contribution in [3.05, 3.63) is 64.7 Å². The van der Waals surface area contributed by atoms with Crippen LogP contribution in [-0.2, 0) is 21.4 Å². The first-order valence-corrected chi connectivity index (χ1v) is 9.63. The number of hydrogen-bond acceptors (Lipinski definition) is 4. The second-order valence-corrected chi connectivity index (χ2v) is 7.74. The van der Waals surface area contributed by atoms with Crippen molar-refractivity contribution in [2.75, 3.05) is 6.54 Å². The number of amides is 1. The minimum Gasteiger partial charge on any atom is -0.352 e. The fraction of sp³-hybridized carbons (Fsp3) is 0.263. The van der Waals surface area contributed by atoms with Crippen molar-refractivity contribution >= 4 is 15.9 Å². The lowest BCUT2D eigenvalue weighted by atomic mass is 10.1. The Morgan fingerprint density at radius 1 is 1.12 bits per heavy atom. The van der Waals surface area contributed by atoms with Gasteiger partial charge in [0, 0.05) is 19.5 Å². The molecular formula is C19H21N3O3S. The largest absolute Gasteiger partial charge is 0.352 e. The number of hydrogen-bond donors (Lipinski definition) is 2. The lowest BCUT2D eigenvalue weighted by molar-refractivity contribution is -0.121. The third kappa shape index (κ3) is 5.41. The Kier molecular flexibility index (Phi) is 6.50. The summed E-state index contributed by atoms with van der Waals surface area (Å²) in [6.07, 6.45) is 0.0420. The van der Waals surface area contributed by atoms with Crippen LogP contribution in [0, 0.1) is 25.2 Å². The van der Waals surface area contributed by atoms with Crippen molar-refractivity contribution < 1.29 is 13.2 Å². The maximum atomic E-state index is 12.4. The van der Waals surface area contributed by atoms with Gasteiger partial charge in [-0.05, 0) is 48.7 Å². The molecule has 0 fully saturated rings. The van der Waals surface area contributed by atoms with Crippen molar-refractivity contribution in [3.8, 4) is 6.07 Å². The molecule has 2 aromatic rings. The lowest BCUT2D eigenvalue weighted by Gasteiger charge is -2.10. The van der Waals surface area contributed by atoms with Crippen molar-refractivity contribution in [1.82, 2.24) is 10.0 Å². The minimum atomic E-state index is -3.64. The minimum absolute atomic E-state index is 0.0227. The van der Waals surface area contributed by atoms with E-state index in [0.29, 0.717) is 17.7 Å². The number of aryl methyl sites for hydroxylation is 2. The predicted molar refractivity (Wildman–Crippen MR) is 98.7 cm³/mol. The number of nitrogens with zero attached hydrogens (tertiary/aromatic N) is 1. The number of sulfonamides is 1. The summed E-state index contributed by atoms with van der Waals surface area (Å²) in [7, 11) is -3.64. The van der Waals surface area contributed by atoms with Gasteiger partial charge in [0.25, 0.3) is 0 Å². The molecule has 1 amide bonds. The molecule has 0 aliphatic heterocycles. The Balaban J connectivity index is 1.83. The number of rotatable bonds is 7. The first-order chi connectivity index (χ1) is 12.3. The van der Waals surface area contributed by atoms with Crippen LogP contribution < -0.4 is 10.0 Å². The van der Waals surface area contributed by atoms with E-state index in [1.807, 2.05) is 19.1 Å². The van der Waals surface area contributed by atoms with Crippen molar-refractivity contribution in [1.29, 1.82) is 5.26 Å². The molecule has 0 saturated heterocycles. The van der Waals surface area contributed by atoms with Crippen LogP contribution in [0.3, 0.4) is 0 Å². The number of nitrogens with one attached hydrogen (secondary N) is 2. The molecule has 7 heteroatoms. The zero-order valence-electron chi connectivity index (χ0n) is 14.7. The summed E-state index contributed by atoms with van der Waals surface area (Å²) in [5.41, 5.74) is 2.94. The molecule has 2 aromatic carbocycles. The van der Waals surface area contributed by atoms with Gasteiger partial charge in [-0.3, -0.25) is 4.79 Å². The molecule has 0 bridgehead atoms. The molecule has 6 nitrogen and oxygen atoms in total. The van der Waals surface area contributed by atoms with E-state index in [1.165, 1.54) is 0 Å². The van der Waals surface area contributed by atoms with Gasteiger partial charge < -0.3 is 5.32 Å². The number of carbonyl (C=O) groups excluding carboxylic acids is 1. The molecule has 136 valence electrons. The van der Waals surface area contributed by atoms with E-state index in [2.05, 4.69) is 10.0 Å². The molecule has 0 spiro atoms. The molecule has 2 N–H and O–H groups in total. The monoisotopic (exact) mass is 371 g/mol. The highest BCUT2D eigenvalue weighted by Gasteiger charge is 2.16. The van der Waals surface area contributed by atoms with Crippen LogP contribution in [0.15, 0.2) is 47.4 Å². The second kappa shape index (κ2) is 8.61. The Morgan fingerprint density at radius 3 is 2.46 bits per heavy atom. The Bertz CT molecular complexity index is 929. The van der Waals surface area contributed by atoms with Gasteiger partial charge in [-0.15, -0.1) is 0 Å². The maximum absolute atomic E-state index is 12.4. The number of benzene rings is 2.